The van der Waals surface area contributed by atoms with Crippen molar-refractivity contribution in [2.24, 2.45) is 11.1 Å². The van der Waals surface area contributed by atoms with E-state index in [2.05, 4.69) is 13.8 Å². The second-order valence-electron chi connectivity index (χ2n) is 5.98. The summed E-state index contributed by atoms with van der Waals surface area (Å²) in [6.45, 7) is 9.38. The number of carbonyl (C=O) groups is 1. The first-order valence-corrected chi connectivity index (χ1v) is 6.43. The molecule has 4 heteroatoms. The molecule has 1 aromatic heterocycles. The highest BCUT2D eigenvalue weighted by Crippen LogP contribution is 2.29. The smallest absolute Gasteiger partial charge is 0.289 e. The van der Waals surface area contributed by atoms with E-state index in [9.17, 15) is 4.79 Å². The minimum Gasteiger partial charge on any atom is -0.456 e. The molecule has 1 atom stereocenters. The molecule has 0 saturated carbocycles. The van der Waals surface area contributed by atoms with E-state index in [0.29, 0.717) is 18.8 Å². The van der Waals surface area contributed by atoms with Crippen LogP contribution in [0.15, 0.2) is 10.5 Å². The van der Waals surface area contributed by atoms with Gasteiger partial charge in [-0.3, -0.25) is 4.79 Å². The highest BCUT2D eigenvalue weighted by atomic mass is 16.4. The number of aryl methyl sites for hydroxylation is 2. The van der Waals surface area contributed by atoms with E-state index in [4.69, 9.17) is 10.2 Å². The lowest BCUT2D eigenvalue weighted by molar-refractivity contribution is 0.0501. The molecule has 2 rings (SSSR count). The molecule has 1 aliphatic heterocycles. The van der Waals surface area contributed by atoms with E-state index in [1.54, 1.807) is 0 Å². The first kappa shape index (κ1) is 13.1. The van der Waals surface area contributed by atoms with Crippen LogP contribution < -0.4 is 5.73 Å². The monoisotopic (exact) mass is 250 g/mol. The number of carbonyl (C=O) groups excluding carboxylic acids is 1. The van der Waals surface area contributed by atoms with Crippen LogP contribution in [0.25, 0.3) is 0 Å². The van der Waals surface area contributed by atoms with Gasteiger partial charge in [0.1, 0.15) is 5.76 Å². The second kappa shape index (κ2) is 4.43. The Hall–Kier alpha value is -1.29. The number of rotatable bonds is 1. The van der Waals surface area contributed by atoms with Gasteiger partial charge >= 0.3 is 0 Å². The molecule has 4 nitrogen and oxygen atoms in total. The summed E-state index contributed by atoms with van der Waals surface area (Å²) in [5.41, 5.74) is 6.96. The Morgan fingerprint density at radius 3 is 2.67 bits per heavy atom. The van der Waals surface area contributed by atoms with Crippen molar-refractivity contribution < 1.29 is 9.21 Å². The average molecular weight is 250 g/mol. The van der Waals surface area contributed by atoms with Crippen LogP contribution in [0.5, 0.6) is 0 Å². The molecule has 1 unspecified atom stereocenters. The topological polar surface area (TPSA) is 59.5 Å². The Labute approximate surface area is 108 Å². The molecule has 1 aliphatic rings. The summed E-state index contributed by atoms with van der Waals surface area (Å²) in [5, 5.41) is 0. The quantitative estimate of drug-likeness (QED) is 0.830. The number of hydrogen-bond donors (Lipinski definition) is 1. The van der Waals surface area contributed by atoms with E-state index in [1.807, 2.05) is 24.8 Å². The van der Waals surface area contributed by atoms with E-state index >= 15 is 0 Å². The molecule has 2 heterocycles. The Morgan fingerprint density at radius 2 is 2.17 bits per heavy atom. The van der Waals surface area contributed by atoms with Gasteiger partial charge in [-0.2, -0.15) is 0 Å². The fourth-order valence-electron chi connectivity index (χ4n) is 2.54. The molecule has 0 aromatic carbocycles. The van der Waals surface area contributed by atoms with E-state index < -0.39 is 0 Å². The number of amides is 1. The molecule has 0 radical (unpaired) electrons. The van der Waals surface area contributed by atoms with Crippen LogP contribution in [0.4, 0.5) is 0 Å². The third-order valence-electron chi connectivity index (χ3n) is 3.83. The van der Waals surface area contributed by atoms with Crippen molar-refractivity contribution in [3.05, 3.63) is 23.2 Å². The summed E-state index contributed by atoms with van der Waals surface area (Å²) in [4.78, 5) is 14.3. The summed E-state index contributed by atoms with van der Waals surface area (Å²) in [6, 6.07) is 2.05. The van der Waals surface area contributed by atoms with Crippen LogP contribution in [0.3, 0.4) is 0 Å². The summed E-state index contributed by atoms with van der Waals surface area (Å²) >= 11 is 0. The second-order valence-corrected chi connectivity index (χ2v) is 5.98. The highest BCUT2D eigenvalue weighted by Gasteiger charge is 2.36. The van der Waals surface area contributed by atoms with Gasteiger partial charge in [0.2, 0.25) is 0 Å². The Bertz CT molecular complexity index is 462. The number of nitrogens with two attached hydrogens (primary N) is 1. The normalized spacial score (nSPS) is 23.2. The molecule has 1 aromatic rings. The Morgan fingerprint density at radius 1 is 1.50 bits per heavy atom. The van der Waals surface area contributed by atoms with Gasteiger partial charge in [0.15, 0.2) is 5.76 Å². The van der Waals surface area contributed by atoms with Gasteiger partial charge in [-0.1, -0.05) is 13.8 Å². The minimum atomic E-state index is -0.0382. The minimum absolute atomic E-state index is 0.0134. The molecule has 1 saturated heterocycles. The van der Waals surface area contributed by atoms with Gasteiger partial charge in [0.05, 0.1) is 0 Å². The van der Waals surface area contributed by atoms with Crippen LogP contribution in [0, 0.1) is 19.3 Å². The van der Waals surface area contributed by atoms with Crippen molar-refractivity contribution in [1.82, 2.24) is 4.90 Å². The number of piperidine rings is 1. The van der Waals surface area contributed by atoms with E-state index in [0.717, 1.165) is 17.7 Å². The van der Waals surface area contributed by atoms with Crippen molar-refractivity contribution in [3.63, 3.8) is 0 Å². The molecule has 18 heavy (non-hydrogen) atoms. The predicted molar refractivity (Wildman–Crippen MR) is 70.5 cm³/mol. The zero-order chi connectivity index (χ0) is 13.5. The first-order valence-electron chi connectivity index (χ1n) is 6.43. The fraction of sp³-hybridized carbons (Fsp3) is 0.643. The Balaban J connectivity index is 2.18. The zero-order valence-corrected chi connectivity index (χ0v) is 11.6. The SMILES string of the molecule is Cc1cc(C)c(C(=O)N2CCC(N)C(C)(C)C2)o1. The van der Waals surface area contributed by atoms with Gasteiger partial charge in [-0.15, -0.1) is 0 Å². The van der Waals surface area contributed by atoms with Gasteiger partial charge < -0.3 is 15.1 Å². The molecular formula is C14H22N2O2. The van der Waals surface area contributed by atoms with Crippen LogP contribution in [0.1, 0.15) is 42.1 Å². The standard InChI is InChI=1S/C14H22N2O2/c1-9-7-10(2)18-12(9)13(17)16-6-5-11(15)14(3,4)8-16/h7,11H,5-6,8,15H2,1-4H3. The van der Waals surface area contributed by atoms with Crippen molar-refractivity contribution in [2.75, 3.05) is 13.1 Å². The lowest BCUT2D eigenvalue weighted by Gasteiger charge is -2.42. The van der Waals surface area contributed by atoms with Gasteiger partial charge in [-0.25, -0.2) is 0 Å². The lowest BCUT2D eigenvalue weighted by atomic mass is 9.79. The summed E-state index contributed by atoms with van der Waals surface area (Å²) in [5.74, 6) is 1.24. The molecule has 1 amide bonds. The van der Waals surface area contributed by atoms with Crippen molar-refractivity contribution >= 4 is 5.91 Å². The number of likely N-dealkylation sites (tertiary alicyclic amines) is 1. The molecule has 2 N–H and O–H groups in total. The first-order chi connectivity index (χ1) is 8.31. The average Bonchev–Trinajstić information content (AvgIpc) is 2.60. The van der Waals surface area contributed by atoms with Gasteiger partial charge in [0.25, 0.3) is 5.91 Å². The third kappa shape index (κ3) is 2.29. The summed E-state index contributed by atoms with van der Waals surface area (Å²) < 4.78 is 5.50. The van der Waals surface area contributed by atoms with Gasteiger partial charge in [-0.05, 0) is 31.7 Å². The van der Waals surface area contributed by atoms with Crippen LogP contribution >= 0.6 is 0 Å². The Kier molecular flexibility index (Phi) is 3.23. The highest BCUT2D eigenvalue weighted by molar-refractivity contribution is 5.93. The summed E-state index contributed by atoms with van der Waals surface area (Å²) in [6.07, 6.45) is 0.845. The van der Waals surface area contributed by atoms with E-state index in [1.165, 1.54) is 0 Å². The third-order valence-corrected chi connectivity index (χ3v) is 3.83. The maximum absolute atomic E-state index is 12.4. The predicted octanol–water partition coefficient (Wildman–Crippen LogP) is 2.10. The van der Waals surface area contributed by atoms with Crippen molar-refractivity contribution in [1.29, 1.82) is 0 Å². The molecular weight excluding hydrogens is 228 g/mol. The lowest BCUT2D eigenvalue weighted by Crippen LogP contribution is -2.54. The largest absolute Gasteiger partial charge is 0.456 e. The number of furan rings is 1. The number of nitrogens with zero attached hydrogens (tertiary/aromatic N) is 1. The van der Waals surface area contributed by atoms with Crippen LogP contribution in [0.2, 0.25) is 0 Å². The van der Waals surface area contributed by atoms with E-state index in [-0.39, 0.29) is 17.4 Å². The van der Waals surface area contributed by atoms with Crippen molar-refractivity contribution in [2.45, 2.75) is 40.2 Å². The maximum atomic E-state index is 12.4. The molecule has 0 bridgehead atoms. The zero-order valence-electron chi connectivity index (χ0n) is 11.6. The molecule has 100 valence electrons. The van der Waals surface area contributed by atoms with Crippen molar-refractivity contribution in [3.8, 4) is 0 Å². The summed E-state index contributed by atoms with van der Waals surface area (Å²) in [7, 11) is 0. The molecule has 0 spiro atoms. The van der Waals surface area contributed by atoms with Crippen LogP contribution in [-0.2, 0) is 0 Å². The number of hydrogen-bond acceptors (Lipinski definition) is 3. The molecule has 1 fully saturated rings. The fourth-order valence-corrected chi connectivity index (χ4v) is 2.54. The van der Waals surface area contributed by atoms with Gasteiger partial charge in [0, 0.05) is 24.7 Å². The van der Waals surface area contributed by atoms with Crippen LogP contribution in [-0.4, -0.2) is 29.9 Å². The molecule has 0 aliphatic carbocycles. The maximum Gasteiger partial charge on any atom is 0.289 e.